The summed E-state index contributed by atoms with van der Waals surface area (Å²) in [5.41, 5.74) is 6.35. The second-order valence-electron chi connectivity index (χ2n) is 4.25. The first-order chi connectivity index (χ1) is 7.82. The Morgan fingerprint density at radius 3 is 2.59 bits per heavy atom. The van der Waals surface area contributed by atoms with Crippen molar-refractivity contribution in [3.05, 3.63) is 11.8 Å². The average Bonchev–Trinajstić information content (AvgIpc) is 2.55. The largest absolute Gasteiger partial charge is 0.384 e. The van der Waals surface area contributed by atoms with Crippen molar-refractivity contribution in [3.63, 3.8) is 0 Å². The van der Waals surface area contributed by atoms with Crippen LogP contribution in [0.2, 0.25) is 0 Å². The van der Waals surface area contributed by atoms with E-state index >= 15 is 0 Å². The standard InChI is InChI=1S/C9H19N5O2S/c1-7(2)4-12-17(15,16)13-6-8-5-11-14(3)9(8)10/h5,7,12-13H,4,6,10H2,1-3H3. The van der Waals surface area contributed by atoms with E-state index < -0.39 is 10.2 Å². The molecule has 0 saturated carbocycles. The van der Waals surface area contributed by atoms with Crippen LogP contribution in [-0.2, 0) is 23.8 Å². The molecular formula is C9H19N5O2S. The van der Waals surface area contributed by atoms with Crippen molar-refractivity contribution in [1.29, 1.82) is 0 Å². The molecule has 0 aliphatic heterocycles. The van der Waals surface area contributed by atoms with Crippen LogP contribution in [0, 0.1) is 5.92 Å². The number of aryl methyl sites for hydroxylation is 1. The van der Waals surface area contributed by atoms with Crippen LogP contribution in [0.3, 0.4) is 0 Å². The van der Waals surface area contributed by atoms with Gasteiger partial charge in [-0.3, -0.25) is 4.68 Å². The number of nitrogens with zero attached hydrogens (tertiary/aromatic N) is 2. The summed E-state index contributed by atoms with van der Waals surface area (Å²) in [6.45, 7) is 4.40. The second kappa shape index (κ2) is 5.48. The summed E-state index contributed by atoms with van der Waals surface area (Å²) in [7, 11) is -1.78. The number of anilines is 1. The zero-order valence-corrected chi connectivity index (χ0v) is 11.1. The summed E-state index contributed by atoms with van der Waals surface area (Å²) in [4.78, 5) is 0. The Morgan fingerprint density at radius 2 is 2.12 bits per heavy atom. The van der Waals surface area contributed by atoms with Gasteiger partial charge in [0.2, 0.25) is 0 Å². The molecule has 0 saturated heterocycles. The fourth-order valence-electron chi connectivity index (χ4n) is 1.13. The molecule has 0 aliphatic rings. The third-order valence-corrected chi connectivity index (χ3v) is 3.27. The molecule has 0 fully saturated rings. The Hall–Kier alpha value is -1.12. The molecule has 4 N–H and O–H groups in total. The maximum Gasteiger partial charge on any atom is 0.277 e. The van der Waals surface area contributed by atoms with Crippen molar-refractivity contribution < 1.29 is 8.42 Å². The van der Waals surface area contributed by atoms with Gasteiger partial charge in [0.25, 0.3) is 10.2 Å². The minimum Gasteiger partial charge on any atom is -0.384 e. The fraction of sp³-hybridized carbons (Fsp3) is 0.667. The lowest BCUT2D eigenvalue weighted by atomic mass is 10.2. The number of hydrogen-bond donors (Lipinski definition) is 3. The summed E-state index contributed by atoms with van der Waals surface area (Å²) < 4.78 is 29.4. The molecule has 0 radical (unpaired) electrons. The Labute approximate surface area is 102 Å². The second-order valence-corrected chi connectivity index (χ2v) is 5.83. The van der Waals surface area contributed by atoms with Gasteiger partial charge in [-0.15, -0.1) is 0 Å². The average molecular weight is 261 g/mol. The lowest BCUT2D eigenvalue weighted by Gasteiger charge is -2.09. The van der Waals surface area contributed by atoms with E-state index in [0.717, 1.165) is 0 Å². The normalized spacial score (nSPS) is 12.2. The highest BCUT2D eigenvalue weighted by atomic mass is 32.2. The van der Waals surface area contributed by atoms with Crippen molar-refractivity contribution in [1.82, 2.24) is 19.2 Å². The molecule has 17 heavy (non-hydrogen) atoms. The van der Waals surface area contributed by atoms with E-state index in [1.807, 2.05) is 13.8 Å². The van der Waals surface area contributed by atoms with Gasteiger partial charge >= 0.3 is 0 Å². The van der Waals surface area contributed by atoms with Crippen molar-refractivity contribution in [2.75, 3.05) is 12.3 Å². The molecule has 1 aromatic heterocycles. The van der Waals surface area contributed by atoms with E-state index in [-0.39, 0.29) is 12.5 Å². The highest BCUT2D eigenvalue weighted by molar-refractivity contribution is 7.87. The number of nitrogens with one attached hydrogen (secondary N) is 2. The summed E-state index contributed by atoms with van der Waals surface area (Å²) in [6.07, 6.45) is 1.54. The van der Waals surface area contributed by atoms with E-state index in [0.29, 0.717) is 17.9 Å². The van der Waals surface area contributed by atoms with E-state index in [1.54, 1.807) is 13.2 Å². The third-order valence-electron chi connectivity index (χ3n) is 2.20. The molecule has 1 rings (SSSR count). The predicted octanol–water partition coefficient (Wildman–Crippen LogP) is -0.418. The molecule has 0 atom stereocenters. The van der Waals surface area contributed by atoms with Gasteiger partial charge in [-0.1, -0.05) is 13.8 Å². The van der Waals surface area contributed by atoms with Crippen LogP contribution in [0.5, 0.6) is 0 Å². The zero-order valence-electron chi connectivity index (χ0n) is 10.3. The van der Waals surface area contributed by atoms with Crippen molar-refractivity contribution >= 4 is 16.0 Å². The molecule has 0 unspecified atom stereocenters. The predicted molar refractivity (Wildman–Crippen MR) is 66.2 cm³/mol. The number of aromatic nitrogens is 2. The first-order valence-electron chi connectivity index (χ1n) is 5.32. The maximum absolute atomic E-state index is 11.5. The number of rotatable bonds is 6. The van der Waals surface area contributed by atoms with Gasteiger partial charge in [0.05, 0.1) is 6.20 Å². The Kier molecular flexibility index (Phi) is 4.49. The smallest absolute Gasteiger partial charge is 0.277 e. The number of nitrogen functional groups attached to an aromatic ring is 1. The van der Waals surface area contributed by atoms with Crippen LogP contribution in [0.1, 0.15) is 19.4 Å². The van der Waals surface area contributed by atoms with Crippen LogP contribution in [0.25, 0.3) is 0 Å². The lowest BCUT2D eigenvalue weighted by Crippen LogP contribution is -2.38. The van der Waals surface area contributed by atoms with E-state index in [2.05, 4.69) is 14.5 Å². The van der Waals surface area contributed by atoms with Crippen LogP contribution >= 0.6 is 0 Å². The minimum atomic E-state index is -3.47. The molecule has 1 heterocycles. The molecule has 0 amide bonds. The molecule has 0 bridgehead atoms. The Bertz CT molecular complexity index is 466. The summed E-state index contributed by atoms with van der Waals surface area (Å²) >= 11 is 0. The van der Waals surface area contributed by atoms with Gasteiger partial charge in [-0.2, -0.15) is 18.2 Å². The van der Waals surface area contributed by atoms with E-state index in [9.17, 15) is 8.42 Å². The van der Waals surface area contributed by atoms with Crippen LogP contribution in [0.4, 0.5) is 5.82 Å². The quantitative estimate of drug-likeness (QED) is 0.647. The topological polar surface area (TPSA) is 102 Å². The van der Waals surface area contributed by atoms with Crippen LogP contribution in [-0.4, -0.2) is 24.7 Å². The monoisotopic (exact) mass is 261 g/mol. The summed E-state index contributed by atoms with van der Waals surface area (Å²) in [5.74, 6) is 0.714. The molecule has 1 aromatic rings. The van der Waals surface area contributed by atoms with E-state index in [4.69, 9.17) is 5.73 Å². The van der Waals surface area contributed by atoms with Gasteiger partial charge in [-0.25, -0.2) is 4.72 Å². The summed E-state index contributed by atoms with van der Waals surface area (Å²) in [6, 6.07) is 0. The van der Waals surface area contributed by atoms with Gasteiger partial charge in [0, 0.05) is 25.7 Å². The Morgan fingerprint density at radius 1 is 1.47 bits per heavy atom. The first kappa shape index (κ1) is 13.9. The molecule has 8 heteroatoms. The highest BCUT2D eigenvalue weighted by Crippen LogP contribution is 2.08. The van der Waals surface area contributed by atoms with Crippen LogP contribution < -0.4 is 15.2 Å². The Balaban J connectivity index is 2.53. The first-order valence-corrected chi connectivity index (χ1v) is 6.80. The molecule has 0 aromatic carbocycles. The van der Waals surface area contributed by atoms with Crippen molar-refractivity contribution in [2.24, 2.45) is 13.0 Å². The van der Waals surface area contributed by atoms with Gasteiger partial charge < -0.3 is 5.73 Å². The fourth-order valence-corrected chi connectivity index (χ4v) is 2.13. The molecule has 7 nitrogen and oxygen atoms in total. The van der Waals surface area contributed by atoms with Crippen molar-refractivity contribution in [3.8, 4) is 0 Å². The maximum atomic E-state index is 11.5. The van der Waals surface area contributed by atoms with Gasteiger partial charge in [0.1, 0.15) is 5.82 Å². The van der Waals surface area contributed by atoms with E-state index in [1.165, 1.54) is 4.68 Å². The SMILES string of the molecule is CC(C)CNS(=O)(=O)NCc1cnn(C)c1N. The highest BCUT2D eigenvalue weighted by Gasteiger charge is 2.12. The number of nitrogens with two attached hydrogens (primary N) is 1. The van der Waals surface area contributed by atoms with Gasteiger partial charge in [0.15, 0.2) is 0 Å². The third kappa shape index (κ3) is 4.33. The molecule has 98 valence electrons. The number of hydrogen-bond acceptors (Lipinski definition) is 4. The molecular weight excluding hydrogens is 242 g/mol. The van der Waals surface area contributed by atoms with Crippen molar-refractivity contribution in [2.45, 2.75) is 20.4 Å². The zero-order chi connectivity index (χ0) is 13.1. The van der Waals surface area contributed by atoms with Crippen LogP contribution in [0.15, 0.2) is 6.20 Å². The lowest BCUT2D eigenvalue weighted by molar-refractivity contribution is 0.547. The summed E-state index contributed by atoms with van der Waals surface area (Å²) in [5, 5.41) is 3.93. The molecule has 0 aliphatic carbocycles. The minimum absolute atomic E-state index is 0.132. The van der Waals surface area contributed by atoms with Gasteiger partial charge in [-0.05, 0) is 5.92 Å². The molecule has 0 spiro atoms.